The van der Waals surface area contributed by atoms with Gasteiger partial charge in [0.05, 0.1) is 10.5 Å². The van der Waals surface area contributed by atoms with Gasteiger partial charge in [0.1, 0.15) is 5.82 Å². The molecule has 1 aliphatic rings. The van der Waals surface area contributed by atoms with Crippen molar-refractivity contribution in [2.75, 3.05) is 13.1 Å². The van der Waals surface area contributed by atoms with E-state index in [1.807, 2.05) is 0 Å². The molecule has 1 fully saturated rings. The zero-order valence-electron chi connectivity index (χ0n) is 11.8. The van der Waals surface area contributed by atoms with Gasteiger partial charge in [0, 0.05) is 13.1 Å². The summed E-state index contributed by atoms with van der Waals surface area (Å²) in [4.78, 5) is 10.7. The second-order valence-electron chi connectivity index (χ2n) is 5.25. The topological polar surface area (TPSA) is 74.7 Å². The predicted molar refractivity (Wildman–Crippen MR) is 75.1 cm³/mol. The molecule has 116 valence electrons. The molecule has 1 atom stereocenters. The Bertz CT molecular complexity index is 644. The van der Waals surface area contributed by atoms with Crippen LogP contribution in [0.2, 0.25) is 0 Å². The van der Waals surface area contributed by atoms with Crippen LogP contribution < -0.4 is 0 Å². The molecule has 1 aromatic rings. The van der Waals surface area contributed by atoms with Crippen molar-refractivity contribution in [2.45, 2.75) is 31.1 Å². The van der Waals surface area contributed by atoms with Crippen LogP contribution in [0.5, 0.6) is 0 Å². The van der Waals surface area contributed by atoms with Gasteiger partial charge in [0.2, 0.25) is 10.0 Å². The van der Waals surface area contributed by atoms with Gasteiger partial charge in [-0.2, -0.15) is 4.31 Å². The van der Waals surface area contributed by atoms with E-state index in [0.717, 1.165) is 37.5 Å². The number of nitrogens with zero attached hydrogens (tertiary/aromatic N) is 1. The summed E-state index contributed by atoms with van der Waals surface area (Å²) in [6, 6.07) is 2.89. The van der Waals surface area contributed by atoms with Crippen molar-refractivity contribution in [3.8, 4) is 0 Å². The normalized spacial score (nSPS) is 19.8. The van der Waals surface area contributed by atoms with Crippen LogP contribution in [0.4, 0.5) is 4.39 Å². The molecule has 0 aromatic heterocycles. The lowest BCUT2D eigenvalue weighted by molar-refractivity contribution is 0.0691. The average molecular weight is 315 g/mol. The zero-order chi connectivity index (χ0) is 15.6. The number of carboxylic acid groups (broad SMARTS) is 1. The minimum atomic E-state index is -3.76. The fourth-order valence-corrected chi connectivity index (χ4v) is 4.19. The fourth-order valence-electron chi connectivity index (χ4n) is 2.64. The van der Waals surface area contributed by atoms with E-state index in [9.17, 15) is 17.6 Å². The van der Waals surface area contributed by atoms with E-state index in [2.05, 4.69) is 6.92 Å². The maximum absolute atomic E-state index is 13.4. The van der Waals surface area contributed by atoms with E-state index >= 15 is 0 Å². The maximum Gasteiger partial charge on any atom is 0.338 e. The lowest BCUT2D eigenvalue weighted by atomic mass is 10.0. The van der Waals surface area contributed by atoms with Crippen molar-refractivity contribution in [3.63, 3.8) is 0 Å². The van der Waals surface area contributed by atoms with E-state index in [1.165, 1.54) is 4.31 Å². The van der Waals surface area contributed by atoms with Gasteiger partial charge < -0.3 is 5.11 Å². The SMILES string of the molecule is CCCC1CCN(S(=O)(=O)c2ccc(F)c(C(=O)O)c2)C1. The number of benzene rings is 1. The molecule has 0 radical (unpaired) electrons. The van der Waals surface area contributed by atoms with Gasteiger partial charge in [0.15, 0.2) is 0 Å². The lowest BCUT2D eigenvalue weighted by Gasteiger charge is -2.17. The number of carbonyl (C=O) groups is 1. The van der Waals surface area contributed by atoms with Crippen molar-refractivity contribution in [1.29, 1.82) is 0 Å². The Balaban J connectivity index is 2.28. The number of sulfonamides is 1. The Morgan fingerprint density at radius 2 is 2.19 bits per heavy atom. The van der Waals surface area contributed by atoms with Crippen LogP contribution in [0.1, 0.15) is 36.5 Å². The van der Waals surface area contributed by atoms with Crippen LogP contribution in [0, 0.1) is 11.7 Å². The molecule has 0 amide bonds. The third-order valence-electron chi connectivity index (χ3n) is 3.75. The maximum atomic E-state index is 13.4. The Hall–Kier alpha value is -1.47. The van der Waals surface area contributed by atoms with Crippen LogP contribution >= 0.6 is 0 Å². The summed E-state index contributed by atoms with van der Waals surface area (Å²) < 4.78 is 39.7. The van der Waals surface area contributed by atoms with Crippen molar-refractivity contribution in [3.05, 3.63) is 29.6 Å². The zero-order valence-corrected chi connectivity index (χ0v) is 12.6. The molecule has 1 heterocycles. The first-order valence-corrected chi connectivity index (χ1v) is 8.33. The molecular weight excluding hydrogens is 297 g/mol. The molecule has 5 nitrogen and oxygen atoms in total. The first-order chi connectivity index (χ1) is 9.86. The third-order valence-corrected chi connectivity index (χ3v) is 5.61. The van der Waals surface area contributed by atoms with Crippen LogP contribution in [0.3, 0.4) is 0 Å². The molecule has 7 heteroatoms. The summed E-state index contributed by atoms with van der Waals surface area (Å²) in [5, 5.41) is 8.88. The lowest BCUT2D eigenvalue weighted by Crippen LogP contribution is -2.29. The van der Waals surface area contributed by atoms with Gasteiger partial charge in [-0.25, -0.2) is 17.6 Å². The van der Waals surface area contributed by atoms with Gasteiger partial charge in [0.25, 0.3) is 0 Å². The van der Waals surface area contributed by atoms with Crippen LogP contribution in [-0.2, 0) is 10.0 Å². The Labute approximate surface area is 123 Å². The molecule has 0 spiro atoms. The van der Waals surface area contributed by atoms with Gasteiger partial charge in [-0.15, -0.1) is 0 Å². The molecule has 21 heavy (non-hydrogen) atoms. The molecule has 0 bridgehead atoms. The van der Waals surface area contributed by atoms with E-state index in [-0.39, 0.29) is 4.90 Å². The molecule has 2 rings (SSSR count). The average Bonchev–Trinajstić information content (AvgIpc) is 2.88. The molecule has 1 aliphatic heterocycles. The highest BCUT2D eigenvalue weighted by Gasteiger charge is 2.32. The molecule has 0 aliphatic carbocycles. The molecule has 1 unspecified atom stereocenters. The highest BCUT2D eigenvalue weighted by atomic mass is 32.2. The molecule has 1 aromatic carbocycles. The number of hydrogen-bond donors (Lipinski definition) is 1. The van der Waals surface area contributed by atoms with Crippen LogP contribution in [0.15, 0.2) is 23.1 Å². The number of rotatable bonds is 5. The Kier molecular flexibility index (Phi) is 4.63. The monoisotopic (exact) mass is 315 g/mol. The number of halogens is 1. The van der Waals surface area contributed by atoms with Crippen LogP contribution in [-0.4, -0.2) is 36.9 Å². The summed E-state index contributed by atoms with van der Waals surface area (Å²) >= 11 is 0. The highest BCUT2D eigenvalue weighted by molar-refractivity contribution is 7.89. The minimum absolute atomic E-state index is 0.168. The largest absolute Gasteiger partial charge is 0.478 e. The van der Waals surface area contributed by atoms with Crippen molar-refractivity contribution < 1.29 is 22.7 Å². The third kappa shape index (κ3) is 3.24. The summed E-state index contributed by atoms with van der Waals surface area (Å²) in [7, 11) is -3.76. The van der Waals surface area contributed by atoms with Crippen LogP contribution in [0.25, 0.3) is 0 Å². The number of hydrogen-bond acceptors (Lipinski definition) is 3. The smallest absolute Gasteiger partial charge is 0.338 e. The molecule has 1 saturated heterocycles. The predicted octanol–water partition coefficient (Wildman–Crippen LogP) is 2.33. The summed E-state index contributed by atoms with van der Waals surface area (Å²) in [5.74, 6) is -2.08. The van der Waals surface area contributed by atoms with Gasteiger partial charge in [-0.1, -0.05) is 13.3 Å². The van der Waals surface area contributed by atoms with E-state index in [4.69, 9.17) is 5.11 Å². The first kappa shape index (κ1) is 15.9. The quantitative estimate of drug-likeness (QED) is 0.905. The fraction of sp³-hybridized carbons (Fsp3) is 0.500. The van der Waals surface area contributed by atoms with E-state index in [1.54, 1.807) is 0 Å². The minimum Gasteiger partial charge on any atom is -0.478 e. The van der Waals surface area contributed by atoms with Crippen molar-refractivity contribution in [1.82, 2.24) is 4.31 Å². The van der Waals surface area contributed by atoms with Crippen molar-refractivity contribution in [2.24, 2.45) is 5.92 Å². The molecule has 1 N–H and O–H groups in total. The summed E-state index contributed by atoms with van der Waals surface area (Å²) in [5.41, 5.74) is -0.625. The Morgan fingerprint density at radius 1 is 1.48 bits per heavy atom. The number of carboxylic acids is 1. The second kappa shape index (κ2) is 6.11. The summed E-state index contributed by atoms with van der Waals surface area (Å²) in [6.45, 7) is 2.92. The van der Waals surface area contributed by atoms with Crippen molar-refractivity contribution >= 4 is 16.0 Å². The standard InChI is InChI=1S/C14H18FNO4S/c1-2-3-10-6-7-16(9-10)21(19,20)11-4-5-13(15)12(8-11)14(17)18/h4-5,8,10H,2-3,6-7,9H2,1H3,(H,17,18). The van der Waals surface area contributed by atoms with Gasteiger partial charge >= 0.3 is 5.97 Å². The number of aromatic carboxylic acids is 1. The van der Waals surface area contributed by atoms with E-state index in [0.29, 0.717) is 19.0 Å². The van der Waals surface area contributed by atoms with E-state index < -0.39 is 27.4 Å². The Morgan fingerprint density at radius 3 is 2.81 bits per heavy atom. The molecule has 0 saturated carbocycles. The summed E-state index contributed by atoms with van der Waals surface area (Å²) in [6.07, 6.45) is 2.77. The first-order valence-electron chi connectivity index (χ1n) is 6.89. The van der Waals surface area contributed by atoms with Gasteiger partial charge in [-0.3, -0.25) is 0 Å². The highest BCUT2D eigenvalue weighted by Crippen LogP contribution is 2.27. The second-order valence-corrected chi connectivity index (χ2v) is 7.19. The van der Waals surface area contributed by atoms with Gasteiger partial charge in [-0.05, 0) is 37.0 Å². The molecular formula is C14H18FNO4S.